The number of carbonyl (C=O) groups excluding carboxylic acids is 1. The van der Waals surface area contributed by atoms with Gasteiger partial charge < -0.3 is 10.2 Å². The summed E-state index contributed by atoms with van der Waals surface area (Å²) in [6.45, 7) is 3.48. The van der Waals surface area contributed by atoms with Gasteiger partial charge in [0.2, 0.25) is 5.91 Å². The predicted molar refractivity (Wildman–Crippen MR) is 112 cm³/mol. The maximum absolute atomic E-state index is 13.9. The molecular formula is C20H19BrFN3OS. The van der Waals surface area contributed by atoms with Gasteiger partial charge in [-0.2, -0.15) is 0 Å². The van der Waals surface area contributed by atoms with Crippen molar-refractivity contribution in [2.24, 2.45) is 5.92 Å². The van der Waals surface area contributed by atoms with E-state index in [1.165, 1.54) is 17.4 Å². The van der Waals surface area contributed by atoms with E-state index in [-0.39, 0.29) is 17.6 Å². The van der Waals surface area contributed by atoms with Gasteiger partial charge >= 0.3 is 0 Å². The number of aryl methyl sites for hydroxylation is 1. The Balaban J connectivity index is 1.40. The standard InChI is InChI=1S/C20H19BrFN3OS/c1-12-11-14(21)5-6-16(12)23-19(26)13-7-9-25(10-8-13)20-24-18-15(22)3-2-4-17(18)27-20/h2-6,11,13H,7-10H2,1H3,(H,23,26). The van der Waals surface area contributed by atoms with Gasteiger partial charge in [0.15, 0.2) is 5.13 Å². The van der Waals surface area contributed by atoms with E-state index in [1.54, 1.807) is 6.07 Å². The Kier molecular flexibility index (Phi) is 5.14. The van der Waals surface area contributed by atoms with Crippen molar-refractivity contribution in [3.63, 3.8) is 0 Å². The third kappa shape index (κ3) is 3.84. The number of rotatable bonds is 3. The van der Waals surface area contributed by atoms with E-state index in [0.717, 1.165) is 51.5 Å². The van der Waals surface area contributed by atoms with Crippen LogP contribution < -0.4 is 10.2 Å². The Morgan fingerprint density at radius 2 is 2.07 bits per heavy atom. The maximum atomic E-state index is 13.9. The molecule has 4 nitrogen and oxygen atoms in total. The Hall–Kier alpha value is -1.99. The van der Waals surface area contributed by atoms with Crippen molar-refractivity contribution < 1.29 is 9.18 Å². The zero-order chi connectivity index (χ0) is 19.0. The van der Waals surface area contributed by atoms with Crippen molar-refractivity contribution in [1.82, 2.24) is 4.98 Å². The summed E-state index contributed by atoms with van der Waals surface area (Å²) in [6.07, 6.45) is 1.53. The van der Waals surface area contributed by atoms with Gasteiger partial charge in [-0.3, -0.25) is 4.79 Å². The molecule has 1 fully saturated rings. The monoisotopic (exact) mass is 447 g/mol. The van der Waals surface area contributed by atoms with Crippen molar-refractivity contribution in [3.8, 4) is 0 Å². The third-order valence-corrected chi connectivity index (χ3v) is 6.52. The number of aromatic nitrogens is 1. The van der Waals surface area contributed by atoms with E-state index in [0.29, 0.717) is 5.52 Å². The molecule has 140 valence electrons. The van der Waals surface area contributed by atoms with Crippen LogP contribution in [0, 0.1) is 18.7 Å². The molecule has 7 heteroatoms. The molecule has 0 atom stereocenters. The lowest BCUT2D eigenvalue weighted by Crippen LogP contribution is -2.38. The molecule has 2 aromatic carbocycles. The Bertz CT molecular complexity index is 998. The molecule has 0 radical (unpaired) electrons. The minimum Gasteiger partial charge on any atom is -0.348 e. The molecule has 0 aliphatic carbocycles. The number of nitrogens with zero attached hydrogens (tertiary/aromatic N) is 2. The van der Waals surface area contributed by atoms with Gasteiger partial charge in [-0.25, -0.2) is 9.37 Å². The van der Waals surface area contributed by atoms with Crippen LogP contribution in [-0.4, -0.2) is 24.0 Å². The number of carbonyl (C=O) groups is 1. The highest BCUT2D eigenvalue weighted by atomic mass is 79.9. The van der Waals surface area contributed by atoms with Crippen LogP contribution in [0.5, 0.6) is 0 Å². The summed E-state index contributed by atoms with van der Waals surface area (Å²) in [5.41, 5.74) is 2.32. The Morgan fingerprint density at radius 1 is 1.30 bits per heavy atom. The molecule has 3 aromatic rings. The number of thiazole rings is 1. The Morgan fingerprint density at radius 3 is 2.78 bits per heavy atom. The topological polar surface area (TPSA) is 45.2 Å². The summed E-state index contributed by atoms with van der Waals surface area (Å²) in [7, 11) is 0. The fourth-order valence-corrected chi connectivity index (χ4v) is 4.88. The summed E-state index contributed by atoms with van der Waals surface area (Å²) < 4.78 is 15.7. The van der Waals surface area contributed by atoms with Crippen molar-refractivity contribution in [3.05, 3.63) is 52.3 Å². The van der Waals surface area contributed by atoms with Gasteiger partial charge in [-0.05, 0) is 55.7 Å². The molecule has 1 aromatic heterocycles. The number of fused-ring (bicyclic) bond motifs is 1. The van der Waals surface area contributed by atoms with E-state index in [9.17, 15) is 9.18 Å². The van der Waals surface area contributed by atoms with Gasteiger partial charge in [-0.15, -0.1) is 0 Å². The van der Waals surface area contributed by atoms with Gasteiger partial charge in [-0.1, -0.05) is 33.3 Å². The van der Waals surface area contributed by atoms with Crippen molar-refractivity contribution in [2.45, 2.75) is 19.8 Å². The van der Waals surface area contributed by atoms with Crippen molar-refractivity contribution >= 4 is 54.2 Å². The molecule has 1 aliphatic heterocycles. The molecular weight excluding hydrogens is 429 g/mol. The molecule has 0 bridgehead atoms. The minimum absolute atomic E-state index is 0.0181. The SMILES string of the molecule is Cc1cc(Br)ccc1NC(=O)C1CCN(c2nc3c(F)cccc3s2)CC1. The van der Waals surface area contributed by atoms with Crippen molar-refractivity contribution in [2.75, 3.05) is 23.3 Å². The molecule has 1 aliphatic rings. The first-order valence-electron chi connectivity index (χ1n) is 8.88. The second-order valence-electron chi connectivity index (χ2n) is 6.79. The van der Waals surface area contributed by atoms with E-state index in [1.807, 2.05) is 31.2 Å². The van der Waals surface area contributed by atoms with E-state index < -0.39 is 0 Å². The third-order valence-electron chi connectivity index (χ3n) is 4.94. The number of hydrogen-bond acceptors (Lipinski definition) is 4. The molecule has 27 heavy (non-hydrogen) atoms. The Labute approximate surface area is 169 Å². The smallest absolute Gasteiger partial charge is 0.227 e. The summed E-state index contributed by atoms with van der Waals surface area (Å²) in [5.74, 6) is -0.236. The highest BCUT2D eigenvalue weighted by Crippen LogP contribution is 2.33. The summed E-state index contributed by atoms with van der Waals surface area (Å²) in [5, 5.41) is 3.88. The molecule has 2 heterocycles. The number of para-hydroxylation sites is 1. The highest BCUT2D eigenvalue weighted by molar-refractivity contribution is 9.10. The van der Waals surface area contributed by atoms with E-state index >= 15 is 0 Å². The summed E-state index contributed by atoms with van der Waals surface area (Å²) in [6, 6.07) is 10.9. The average molecular weight is 448 g/mol. The number of amides is 1. The number of benzene rings is 2. The largest absolute Gasteiger partial charge is 0.348 e. The average Bonchev–Trinajstić information content (AvgIpc) is 3.10. The first kappa shape index (κ1) is 18.4. The second-order valence-corrected chi connectivity index (χ2v) is 8.72. The van der Waals surface area contributed by atoms with E-state index in [2.05, 4.69) is 31.1 Å². The van der Waals surface area contributed by atoms with Crippen LogP contribution in [0.3, 0.4) is 0 Å². The quantitative estimate of drug-likeness (QED) is 0.587. The van der Waals surface area contributed by atoms with Crippen LogP contribution in [0.15, 0.2) is 40.9 Å². The normalized spacial score (nSPS) is 15.3. The summed E-state index contributed by atoms with van der Waals surface area (Å²) >= 11 is 4.94. The lowest BCUT2D eigenvalue weighted by atomic mass is 9.96. The van der Waals surface area contributed by atoms with Crippen LogP contribution in [0.25, 0.3) is 10.2 Å². The van der Waals surface area contributed by atoms with Crippen LogP contribution in [-0.2, 0) is 4.79 Å². The minimum atomic E-state index is -0.283. The van der Waals surface area contributed by atoms with Gasteiger partial charge in [0.1, 0.15) is 11.3 Å². The number of halogens is 2. The van der Waals surface area contributed by atoms with Crippen LogP contribution >= 0.6 is 27.3 Å². The fourth-order valence-electron chi connectivity index (χ4n) is 3.37. The van der Waals surface area contributed by atoms with Gasteiger partial charge in [0.05, 0.1) is 4.70 Å². The lowest BCUT2D eigenvalue weighted by molar-refractivity contribution is -0.120. The van der Waals surface area contributed by atoms with Crippen LogP contribution in [0.2, 0.25) is 0 Å². The van der Waals surface area contributed by atoms with Crippen LogP contribution in [0.4, 0.5) is 15.2 Å². The first-order valence-corrected chi connectivity index (χ1v) is 10.5. The molecule has 4 rings (SSSR count). The summed E-state index contributed by atoms with van der Waals surface area (Å²) in [4.78, 5) is 19.2. The fraction of sp³-hybridized carbons (Fsp3) is 0.300. The van der Waals surface area contributed by atoms with Crippen molar-refractivity contribution in [1.29, 1.82) is 0 Å². The molecule has 0 unspecified atom stereocenters. The van der Waals surface area contributed by atoms with Gasteiger partial charge in [0, 0.05) is 29.2 Å². The van der Waals surface area contributed by atoms with E-state index in [4.69, 9.17) is 0 Å². The first-order chi connectivity index (χ1) is 13.0. The highest BCUT2D eigenvalue weighted by Gasteiger charge is 2.27. The lowest BCUT2D eigenvalue weighted by Gasteiger charge is -2.31. The predicted octanol–water partition coefficient (Wildman–Crippen LogP) is 5.36. The second kappa shape index (κ2) is 7.56. The number of anilines is 2. The molecule has 0 spiro atoms. The zero-order valence-corrected chi connectivity index (χ0v) is 17.2. The van der Waals surface area contributed by atoms with Crippen LogP contribution in [0.1, 0.15) is 18.4 Å². The number of hydrogen-bond donors (Lipinski definition) is 1. The van der Waals surface area contributed by atoms with Gasteiger partial charge in [0.25, 0.3) is 0 Å². The molecule has 0 saturated carbocycles. The molecule has 1 saturated heterocycles. The molecule has 1 amide bonds. The number of piperidine rings is 1. The maximum Gasteiger partial charge on any atom is 0.227 e. The zero-order valence-electron chi connectivity index (χ0n) is 14.8. The number of nitrogens with one attached hydrogen (secondary N) is 1. The molecule has 1 N–H and O–H groups in total.